The Labute approximate surface area is 129 Å². The van der Waals surface area contributed by atoms with E-state index >= 15 is 0 Å². The molecule has 0 radical (unpaired) electrons. The lowest BCUT2D eigenvalue weighted by atomic mass is 9.70. The molecule has 1 fully saturated rings. The van der Waals surface area contributed by atoms with Crippen LogP contribution in [0.5, 0.6) is 0 Å². The van der Waals surface area contributed by atoms with Crippen molar-refractivity contribution in [1.29, 1.82) is 0 Å². The summed E-state index contributed by atoms with van der Waals surface area (Å²) in [6.45, 7) is 3.83. The molecule has 5 heteroatoms. The first kappa shape index (κ1) is 15.4. The number of fused-ring (bicyclic) bond motifs is 2. The number of hydrogen-bond acceptors (Lipinski definition) is 4. The van der Waals surface area contributed by atoms with E-state index in [2.05, 4.69) is 0 Å². The quantitative estimate of drug-likeness (QED) is 0.788. The minimum atomic E-state index is -0.369. The third-order valence-electron chi connectivity index (χ3n) is 4.83. The van der Waals surface area contributed by atoms with Gasteiger partial charge >= 0.3 is 5.97 Å². The number of hydrogen-bond donors (Lipinski definition) is 0. The van der Waals surface area contributed by atoms with Gasteiger partial charge in [-0.25, -0.2) is 4.39 Å². The molecule has 1 spiro atoms. The zero-order valence-electron chi connectivity index (χ0n) is 13.0. The van der Waals surface area contributed by atoms with Crippen molar-refractivity contribution in [3.8, 4) is 0 Å². The number of esters is 1. The average Bonchev–Trinajstić information content (AvgIpc) is 2.52. The van der Waals surface area contributed by atoms with Crippen LogP contribution < -0.4 is 0 Å². The van der Waals surface area contributed by atoms with Gasteiger partial charge in [0, 0.05) is 18.6 Å². The zero-order chi connectivity index (χ0) is 15.7. The van der Waals surface area contributed by atoms with E-state index < -0.39 is 0 Å². The maximum Gasteiger partial charge on any atom is 0.309 e. The van der Waals surface area contributed by atoms with E-state index in [1.54, 1.807) is 6.07 Å². The number of carbonyl (C=O) groups excluding carboxylic acids is 1. The van der Waals surface area contributed by atoms with Gasteiger partial charge in [-0.1, -0.05) is 0 Å². The van der Waals surface area contributed by atoms with Gasteiger partial charge in [0.05, 0.1) is 26.2 Å². The van der Waals surface area contributed by atoms with Crippen molar-refractivity contribution < 1.29 is 23.4 Å². The topological polar surface area (TPSA) is 44.8 Å². The third-order valence-corrected chi connectivity index (χ3v) is 4.83. The average molecular weight is 308 g/mol. The highest BCUT2D eigenvalue weighted by Gasteiger charge is 2.42. The minimum Gasteiger partial charge on any atom is -0.469 e. The first-order valence-corrected chi connectivity index (χ1v) is 7.65. The van der Waals surface area contributed by atoms with Gasteiger partial charge in [-0.2, -0.15) is 0 Å². The molecule has 0 bridgehead atoms. The van der Waals surface area contributed by atoms with Gasteiger partial charge in [0.15, 0.2) is 0 Å². The van der Waals surface area contributed by atoms with E-state index in [9.17, 15) is 9.18 Å². The summed E-state index contributed by atoms with van der Waals surface area (Å²) in [5, 5.41) is 0. The van der Waals surface area contributed by atoms with Gasteiger partial charge in [-0.15, -0.1) is 0 Å². The fourth-order valence-electron chi connectivity index (χ4n) is 3.59. The highest BCUT2D eigenvalue weighted by molar-refractivity contribution is 5.73. The standard InChI is InChI=1S/C17H21FO4/c1-11-16-12(8-15(19)20-2)7-13(18)9-14(16)17(10-22-11)3-5-21-6-4-17/h7,9,11H,3-6,8,10H2,1-2H3. The van der Waals surface area contributed by atoms with Crippen LogP contribution in [0.1, 0.15) is 42.6 Å². The molecule has 0 amide bonds. The molecule has 22 heavy (non-hydrogen) atoms. The van der Waals surface area contributed by atoms with E-state index in [4.69, 9.17) is 14.2 Å². The lowest BCUT2D eigenvalue weighted by Crippen LogP contribution is -2.43. The third kappa shape index (κ3) is 2.63. The summed E-state index contributed by atoms with van der Waals surface area (Å²) in [5.41, 5.74) is 2.39. The van der Waals surface area contributed by atoms with Crippen LogP contribution in [0, 0.1) is 5.82 Å². The molecular weight excluding hydrogens is 287 g/mol. The van der Waals surface area contributed by atoms with Gasteiger partial charge in [0.25, 0.3) is 0 Å². The lowest BCUT2D eigenvalue weighted by Gasteiger charge is -2.44. The van der Waals surface area contributed by atoms with Crippen molar-refractivity contribution in [3.63, 3.8) is 0 Å². The number of rotatable bonds is 2. The first-order valence-electron chi connectivity index (χ1n) is 7.65. The van der Waals surface area contributed by atoms with E-state index in [1.165, 1.54) is 13.2 Å². The smallest absolute Gasteiger partial charge is 0.309 e. The van der Waals surface area contributed by atoms with Crippen LogP contribution in [0.2, 0.25) is 0 Å². The van der Waals surface area contributed by atoms with Crippen LogP contribution >= 0.6 is 0 Å². The van der Waals surface area contributed by atoms with Crippen molar-refractivity contribution in [2.24, 2.45) is 0 Å². The molecule has 2 heterocycles. The molecule has 3 rings (SSSR count). The van der Waals surface area contributed by atoms with Gasteiger partial charge < -0.3 is 14.2 Å². The number of carbonyl (C=O) groups is 1. The van der Waals surface area contributed by atoms with Gasteiger partial charge in [0.1, 0.15) is 5.82 Å². The molecule has 0 aromatic heterocycles. The molecule has 0 aliphatic carbocycles. The molecule has 120 valence electrons. The first-order chi connectivity index (χ1) is 10.6. The SMILES string of the molecule is COC(=O)Cc1cc(F)cc2c1C(C)OCC21CCOCC1. The van der Waals surface area contributed by atoms with Gasteiger partial charge in [0.2, 0.25) is 0 Å². The van der Waals surface area contributed by atoms with Crippen molar-refractivity contribution in [3.05, 3.63) is 34.6 Å². The number of benzene rings is 1. The molecule has 0 N–H and O–H groups in total. The van der Waals surface area contributed by atoms with Crippen LogP contribution in [-0.2, 0) is 30.8 Å². The van der Waals surface area contributed by atoms with Crippen LogP contribution in [0.15, 0.2) is 12.1 Å². The maximum absolute atomic E-state index is 14.2. The molecule has 1 unspecified atom stereocenters. The summed E-state index contributed by atoms with van der Waals surface area (Å²) < 4.78 is 30.3. The molecule has 4 nitrogen and oxygen atoms in total. The Kier molecular flexibility index (Phi) is 4.19. The Morgan fingerprint density at radius 3 is 2.82 bits per heavy atom. The maximum atomic E-state index is 14.2. The summed E-state index contributed by atoms with van der Waals surface area (Å²) in [4.78, 5) is 11.6. The zero-order valence-corrected chi connectivity index (χ0v) is 13.0. The highest BCUT2D eigenvalue weighted by Crippen LogP contribution is 2.45. The second kappa shape index (κ2) is 5.97. The summed E-state index contributed by atoms with van der Waals surface area (Å²) in [5.74, 6) is -0.677. The Morgan fingerprint density at radius 2 is 2.14 bits per heavy atom. The molecule has 1 saturated heterocycles. The van der Waals surface area contributed by atoms with Crippen molar-refractivity contribution in [2.45, 2.75) is 37.7 Å². The Balaban J connectivity index is 2.10. The molecule has 1 aromatic rings. The van der Waals surface area contributed by atoms with E-state index in [-0.39, 0.29) is 29.7 Å². The molecule has 2 aliphatic heterocycles. The van der Waals surface area contributed by atoms with Crippen LogP contribution in [0.25, 0.3) is 0 Å². The molecule has 0 saturated carbocycles. The van der Waals surface area contributed by atoms with Gasteiger partial charge in [-0.05, 0) is 48.6 Å². The molecule has 2 aliphatic rings. The fraction of sp³-hybridized carbons (Fsp3) is 0.588. The number of halogens is 1. The predicted octanol–water partition coefficient (Wildman–Crippen LogP) is 2.68. The summed E-state index contributed by atoms with van der Waals surface area (Å²) in [6.07, 6.45) is 1.54. The molecular formula is C17H21FO4. The van der Waals surface area contributed by atoms with E-state index in [0.717, 1.165) is 24.0 Å². The van der Waals surface area contributed by atoms with Crippen LogP contribution in [0.4, 0.5) is 4.39 Å². The number of methoxy groups -OCH3 is 1. The largest absolute Gasteiger partial charge is 0.469 e. The second-order valence-corrected chi connectivity index (χ2v) is 6.12. The highest BCUT2D eigenvalue weighted by atomic mass is 19.1. The Bertz CT molecular complexity index is 578. The predicted molar refractivity (Wildman–Crippen MR) is 78.2 cm³/mol. The van der Waals surface area contributed by atoms with Gasteiger partial charge in [-0.3, -0.25) is 4.79 Å². The summed E-state index contributed by atoms with van der Waals surface area (Å²) >= 11 is 0. The molecule has 1 aromatic carbocycles. The lowest BCUT2D eigenvalue weighted by molar-refractivity contribution is -0.139. The normalized spacial score (nSPS) is 23.1. The van der Waals surface area contributed by atoms with Crippen molar-refractivity contribution >= 4 is 5.97 Å². The molecule has 1 atom stereocenters. The van der Waals surface area contributed by atoms with Crippen molar-refractivity contribution in [2.75, 3.05) is 26.9 Å². The minimum absolute atomic E-state index is 0.0663. The number of ether oxygens (including phenoxy) is 3. The fourth-order valence-corrected chi connectivity index (χ4v) is 3.59. The van der Waals surface area contributed by atoms with E-state index in [0.29, 0.717) is 25.4 Å². The van der Waals surface area contributed by atoms with Crippen LogP contribution in [0.3, 0.4) is 0 Å². The second-order valence-electron chi connectivity index (χ2n) is 6.12. The van der Waals surface area contributed by atoms with Crippen molar-refractivity contribution in [1.82, 2.24) is 0 Å². The van der Waals surface area contributed by atoms with Crippen LogP contribution in [-0.4, -0.2) is 32.9 Å². The Hall–Kier alpha value is -1.46. The summed E-state index contributed by atoms with van der Waals surface area (Å²) in [6, 6.07) is 3.04. The summed E-state index contributed by atoms with van der Waals surface area (Å²) in [7, 11) is 1.34. The monoisotopic (exact) mass is 308 g/mol. The van der Waals surface area contributed by atoms with E-state index in [1.807, 2.05) is 6.92 Å². The Morgan fingerprint density at radius 1 is 1.41 bits per heavy atom.